The van der Waals surface area contributed by atoms with Crippen molar-refractivity contribution in [3.8, 4) is 0 Å². The topological polar surface area (TPSA) is 39.2 Å². The Morgan fingerprint density at radius 3 is 3.11 bits per heavy atom. The number of aromatic nitrogens is 1. The van der Waals surface area contributed by atoms with Gasteiger partial charge in [-0.1, -0.05) is 25.4 Å². The van der Waals surface area contributed by atoms with Gasteiger partial charge < -0.3 is 4.74 Å². The van der Waals surface area contributed by atoms with Gasteiger partial charge in [-0.15, -0.1) is 0 Å². The zero-order valence-corrected chi connectivity index (χ0v) is 11.3. The first-order valence-electron chi connectivity index (χ1n) is 6.39. The molecule has 0 aliphatic heterocycles. The number of fused-ring (bicyclic) bond motifs is 3. The minimum atomic E-state index is -0.0423. The third kappa shape index (κ3) is 1.91. The zero-order valence-electron chi connectivity index (χ0n) is 10.5. The summed E-state index contributed by atoms with van der Waals surface area (Å²) >= 11 is 5.87. The summed E-state index contributed by atoms with van der Waals surface area (Å²) in [7, 11) is 0. The van der Waals surface area contributed by atoms with Crippen LogP contribution in [0.15, 0.2) is 12.3 Å². The first kappa shape index (κ1) is 12.0. The molecule has 1 heterocycles. The fourth-order valence-corrected chi connectivity index (χ4v) is 3.11. The number of halogens is 1. The SMILES string of the molecule is CC(C)COC(=O)C1C2Cc3cc(Cl)ncc3C21. The number of rotatable bonds is 3. The van der Waals surface area contributed by atoms with Gasteiger partial charge in [0.1, 0.15) is 5.15 Å². The Kier molecular flexibility index (Phi) is 2.81. The molecule has 1 fully saturated rings. The molecule has 3 nitrogen and oxygen atoms in total. The fourth-order valence-electron chi connectivity index (χ4n) is 2.93. The summed E-state index contributed by atoms with van der Waals surface area (Å²) < 4.78 is 5.32. The minimum absolute atomic E-state index is 0.0423. The first-order valence-corrected chi connectivity index (χ1v) is 6.76. The van der Waals surface area contributed by atoms with Crippen LogP contribution in [0, 0.1) is 17.8 Å². The van der Waals surface area contributed by atoms with Crippen molar-refractivity contribution in [1.82, 2.24) is 4.98 Å². The van der Waals surface area contributed by atoms with Crippen molar-refractivity contribution in [3.63, 3.8) is 0 Å². The Morgan fingerprint density at radius 2 is 2.39 bits per heavy atom. The number of hydrogen-bond donors (Lipinski definition) is 0. The normalized spacial score (nSPS) is 27.9. The van der Waals surface area contributed by atoms with Gasteiger partial charge in [0.15, 0.2) is 0 Å². The van der Waals surface area contributed by atoms with Gasteiger partial charge in [0.2, 0.25) is 0 Å². The molecule has 1 aromatic heterocycles. The summed E-state index contributed by atoms with van der Waals surface area (Å²) in [6.45, 7) is 4.60. The Labute approximate surface area is 112 Å². The average molecular weight is 266 g/mol. The van der Waals surface area contributed by atoms with Crippen LogP contribution in [-0.2, 0) is 16.0 Å². The van der Waals surface area contributed by atoms with E-state index < -0.39 is 0 Å². The molecule has 0 N–H and O–H groups in total. The molecule has 3 rings (SSSR count). The van der Waals surface area contributed by atoms with Crippen LogP contribution in [0.5, 0.6) is 0 Å². The lowest BCUT2D eigenvalue weighted by Gasteiger charge is -2.09. The second kappa shape index (κ2) is 4.23. The fraction of sp³-hybridized carbons (Fsp3) is 0.571. The lowest BCUT2D eigenvalue weighted by atomic mass is 10.1. The predicted molar refractivity (Wildman–Crippen MR) is 68.5 cm³/mol. The van der Waals surface area contributed by atoms with Crippen molar-refractivity contribution in [2.24, 2.45) is 17.8 Å². The molecule has 3 atom stereocenters. The molecular formula is C14H16ClNO2. The quantitative estimate of drug-likeness (QED) is 0.623. The van der Waals surface area contributed by atoms with Gasteiger partial charge in [0, 0.05) is 12.1 Å². The minimum Gasteiger partial charge on any atom is -0.465 e. The highest BCUT2D eigenvalue weighted by Gasteiger charge is 2.60. The van der Waals surface area contributed by atoms with Gasteiger partial charge in [-0.05, 0) is 35.4 Å². The molecule has 0 spiro atoms. The zero-order chi connectivity index (χ0) is 12.9. The van der Waals surface area contributed by atoms with E-state index in [1.807, 2.05) is 26.1 Å². The molecule has 0 aromatic carbocycles. The van der Waals surface area contributed by atoms with E-state index in [0.717, 1.165) is 6.42 Å². The molecule has 4 heteroatoms. The summed E-state index contributed by atoms with van der Waals surface area (Å²) in [6.07, 6.45) is 2.75. The second-order valence-electron chi connectivity index (χ2n) is 5.65. The van der Waals surface area contributed by atoms with Crippen LogP contribution in [0.3, 0.4) is 0 Å². The average Bonchev–Trinajstić information content (AvgIpc) is 2.89. The molecule has 1 saturated carbocycles. The van der Waals surface area contributed by atoms with Crippen molar-refractivity contribution in [2.45, 2.75) is 26.2 Å². The van der Waals surface area contributed by atoms with E-state index >= 15 is 0 Å². The molecule has 0 amide bonds. The number of carbonyl (C=O) groups excluding carboxylic acids is 1. The van der Waals surface area contributed by atoms with Crippen molar-refractivity contribution in [1.29, 1.82) is 0 Å². The van der Waals surface area contributed by atoms with Crippen LogP contribution in [-0.4, -0.2) is 17.6 Å². The number of hydrogen-bond acceptors (Lipinski definition) is 3. The summed E-state index contributed by atoms with van der Waals surface area (Å²) in [5.41, 5.74) is 2.44. The number of ether oxygens (including phenoxy) is 1. The number of pyridine rings is 1. The van der Waals surface area contributed by atoms with E-state index in [-0.39, 0.29) is 11.9 Å². The first-order chi connectivity index (χ1) is 8.58. The van der Waals surface area contributed by atoms with Gasteiger partial charge in [-0.25, -0.2) is 4.98 Å². The van der Waals surface area contributed by atoms with Gasteiger partial charge in [-0.3, -0.25) is 4.79 Å². The number of esters is 1. The highest BCUT2D eigenvalue weighted by Crippen LogP contribution is 2.61. The number of nitrogens with zero attached hydrogens (tertiary/aromatic N) is 1. The maximum atomic E-state index is 11.9. The molecule has 2 aliphatic carbocycles. The summed E-state index contributed by atoms with van der Waals surface area (Å²) in [6, 6.07) is 1.92. The molecule has 3 unspecified atom stereocenters. The molecule has 0 radical (unpaired) electrons. The summed E-state index contributed by atoms with van der Waals surface area (Å²) in [5.74, 6) is 1.14. The van der Waals surface area contributed by atoms with Gasteiger partial charge in [-0.2, -0.15) is 0 Å². The molecule has 1 aromatic rings. The standard InChI is InChI=1S/C14H16ClNO2/c1-7(2)6-18-14(17)13-9-3-8-4-11(15)16-5-10(8)12(9)13/h4-5,7,9,12-13H,3,6H2,1-2H3. The lowest BCUT2D eigenvalue weighted by molar-refractivity contribution is -0.146. The van der Waals surface area contributed by atoms with E-state index in [2.05, 4.69) is 4.98 Å². The Hall–Kier alpha value is -1.09. The third-order valence-electron chi connectivity index (χ3n) is 3.81. The van der Waals surface area contributed by atoms with E-state index in [9.17, 15) is 4.79 Å². The molecule has 0 saturated heterocycles. The Bertz CT molecular complexity index is 501. The molecular weight excluding hydrogens is 250 g/mol. The summed E-state index contributed by atoms with van der Waals surface area (Å²) in [5, 5.41) is 0.536. The summed E-state index contributed by atoms with van der Waals surface area (Å²) in [4.78, 5) is 16.0. The Morgan fingerprint density at radius 1 is 1.61 bits per heavy atom. The largest absolute Gasteiger partial charge is 0.465 e. The van der Waals surface area contributed by atoms with E-state index in [4.69, 9.17) is 16.3 Å². The molecule has 0 bridgehead atoms. The molecule has 18 heavy (non-hydrogen) atoms. The van der Waals surface area contributed by atoms with E-state index in [1.165, 1.54) is 11.1 Å². The lowest BCUT2D eigenvalue weighted by Crippen LogP contribution is -2.14. The van der Waals surface area contributed by atoms with Crippen molar-refractivity contribution in [2.75, 3.05) is 6.61 Å². The van der Waals surface area contributed by atoms with Crippen molar-refractivity contribution >= 4 is 17.6 Å². The highest BCUT2D eigenvalue weighted by molar-refractivity contribution is 6.29. The van der Waals surface area contributed by atoms with E-state index in [0.29, 0.717) is 29.5 Å². The van der Waals surface area contributed by atoms with Crippen LogP contribution in [0.25, 0.3) is 0 Å². The monoisotopic (exact) mass is 265 g/mol. The van der Waals surface area contributed by atoms with E-state index in [1.54, 1.807) is 0 Å². The molecule has 2 aliphatic rings. The molecule has 96 valence electrons. The predicted octanol–water partition coefficient (Wildman–Crippen LogP) is 2.82. The highest BCUT2D eigenvalue weighted by atomic mass is 35.5. The van der Waals surface area contributed by atoms with Crippen LogP contribution in [0.2, 0.25) is 5.15 Å². The second-order valence-corrected chi connectivity index (χ2v) is 6.04. The Balaban J connectivity index is 1.68. The van der Waals surface area contributed by atoms with Crippen LogP contribution < -0.4 is 0 Å². The van der Waals surface area contributed by atoms with Crippen molar-refractivity contribution < 1.29 is 9.53 Å². The van der Waals surface area contributed by atoms with Gasteiger partial charge >= 0.3 is 5.97 Å². The maximum absolute atomic E-state index is 11.9. The third-order valence-corrected chi connectivity index (χ3v) is 4.01. The maximum Gasteiger partial charge on any atom is 0.309 e. The van der Waals surface area contributed by atoms with Crippen molar-refractivity contribution in [3.05, 3.63) is 28.5 Å². The van der Waals surface area contributed by atoms with Crippen LogP contribution in [0.4, 0.5) is 0 Å². The van der Waals surface area contributed by atoms with Gasteiger partial charge in [0.05, 0.1) is 12.5 Å². The van der Waals surface area contributed by atoms with Crippen LogP contribution >= 0.6 is 11.6 Å². The van der Waals surface area contributed by atoms with Crippen LogP contribution in [0.1, 0.15) is 30.9 Å². The smallest absolute Gasteiger partial charge is 0.309 e. The number of carbonyl (C=O) groups is 1. The van der Waals surface area contributed by atoms with Gasteiger partial charge in [0.25, 0.3) is 0 Å².